The van der Waals surface area contributed by atoms with Gasteiger partial charge in [0.1, 0.15) is 5.75 Å². The van der Waals surface area contributed by atoms with Gasteiger partial charge in [0, 0.05) is 0 Å². The van der Waals surface area contributed by atoms with E-state index < -0.39 is 26.6 Å². The molecule has 2 rings (SSSR count). The summed E-state index contributed by atoms with van der Waals surface area (Å²) in [5.74, 6) is -2.65. The second-order valence-electron chi connectivity index (χ2n) is 4.20. The zero-order valence-corrected chi connectivity index (χ0v) is 11.2. The molecule has 7 heteroatoms. The van der Waals surface area contributed by atoms with Gasteiger partial charge in [-0.25, -0.2) is 17.2 Å². The smallest absolute Gasteiger partial charge is 0.262 e. The van der Waals surface area contributed by atoms with Gasteiger partial charge in [0.05, 0.1) is 10.6 Å². The predicted molar refractivity (Wildman–Crippen MR) is 70.0 cm³/mol. The van der Waals surface area contributed by atoms with Gasteiger partial charge in [-0.3, -0.25) is 4.72 Å². The van der Waals surface area contributed by atoms with Gasteiger partial charge in [-0.1, -0.05) is 6.07 Å². The first kappa shape index (κ1) is 14.3. The lowest BCUT2D eigenvalue weighted by atomic mass is 10.2. The Labute approximate surface area is 114 Å². The number of anilines is 1. The molecule has 2 aromatic carbocycles. The number of hydrogen-bond acceptors (Lipinski definition) is 3. The summed E-state index contributed by atoms with van der Waals surface area (Å²) in [6.07, 6.45) is 0. The number of benzene rings is 2. The molecule has 0 atom stereocenters. The third-order valence-corrected chi connectivity index (χ3v) is 3.96. The normalized spacial score (nSPS) is 11.3. The molecule has 20 heavy (non-hydrogen) atoms. The van der Waals surface area contributed by atoms with E-state index in [1.165, 1.54) is 12.1 Å². The molecule has 0 aromatic heterocycles. The minimum Gasteiger partial charge on any atom is -0.506 e. The van der Waals surface area contributed by atoms with Crippen LogP contribution in [0.3, 0.4) is 0 Å². The Morgan fingerprint density at radius 3 is 2.35 bits per heavy atom. The minimum absolute atomic E-state index is 0.0414. The highest BCUT2D eigenvalue weighted by Crippen LogP contribution is 2.27. The molecule has 0 saturated carbocycles. The van der Waals surface area contributed by atoms with E-state index in [-0.39, 0.29) is 11.4 Å². The first-order valence-corrected chi connectivity index (χ1v) is 7.05. The molecule has 2 aromatic rings. The molecule has 0 bridgehead atoms. The summed E-state index contributed by atoms with van der Waals surface area (Å²) in [6.45, 7) is 1.73. The van der Waals surface area contributed by atoms with E-state index in [0.29, 0.717) is 6.07 Å². The Balaban J connectivity index is 2.38. The van der Waals surface area contributed by atoms with Crippen molar-refractivity contribution in [3.8, 4) is 5.75 Å². The number of halogens is 2. The fraction of sp³-hybridized carbons (Fsp3) is 0.0769. The molecule has 0 radical (unpaired) electrons. The van der Waals surface area contributed by atoms with Crippen LogP contribution in [-0.2, 0) is 10.0 Å². The fourth-order valence-electron chi connectivity index (χ4n) is 1.58. The summed E-state index contributed by atoms with van der Waals surface area (Å²) in [5, 5.41) is 9.64. The molecule has 106 valence electrons. The van der Waals surface area contributed by atoms with Crippen LogP contribution in [0.25, 0.3) is 0 Å². The van der Waals surface area contributed by atoms with Gasteiger partial charge < -0.3 is 5.11 Å². The van der Waals surface area contributed by atoms with Crippen molar-refractivity contribution < 1.29 is 22.3 Å². The molecule has 0 unspecified atom stereocenters. The highest BCUT2D eigenvalue weighted by Gasteiger charge is 2.18. The molecule has 4 nitrogen and oxygen atoms in total. The fourth-order valence-corrected chi connectivity index (χ4v) is 2.66. The van der Waals surface area contributed by atoms with E-state index in [0.717, 1.165) is 17.7 Å². The Morgan fingerprint density at radius 2 is 1.75 bits per heavy atom. The Morgan fingerprint density at radius 1 is 1.05 bits per heavy atom. The zero-order chi connectivity index (χ0) is 14.9. The number of sulfonamides is 1. The number of aromatic hydroxyl groups is 1. The topological polar surface area (TPSA) is 66.4 Å². The van der Waals surface area contributed by atoms with Crippen molar-refractivity contribution in [3.63, 3.8) is 0 Å². The van der Waals surface area contributed by atoms with Crippen molar-refractivity contribution in [2.24, 2.45) is 0 Å². The maximum atomic E-state index is 13.1. The maximum Gasteiger partial charge on any atom is 0.262 e. The number of phenols is 1. The van der Waals surface area contributed by atoms with E-state index in [2.05, 4.69) is 4.72 Å². The number of phenolic OH excluding ortho intramolecular Hbond substituents is 1. The summed E-state index contributed by atoms with van der Waals surface area (Å²) in [4.78, 5) is -0.434. The quantitative estimate of drug-likeness (QED) is 0.856. The number of nitrogens with one attached hydrogen (secondary N) is 1. The average molecular weight is 299 g/mol. The summed E-state index contributed by atoms with van der Waals surface area (Å²) < 4.78 is 51.9. The van der Waals surface area contributed by atoms with Gasteiger partial charge in [0.2, 0.25) is 0 Å². The highest BCUT2D eigenvalue weighted by molar-refractivity contribution is 7.92. The molecule has 0 heterocycles. The van der Waals surface area contributed by atoms with Crippen molar-refractivity contribution >= 4 is 15.7 Å². The first-order chi connectivity index (χ1) is 9.29. The van der Waals surface area contributed by atoms with Gasteiger partial charge in [-0.15, -0.1) is 0 Å². The second-order valence-corrected chi connectivity index (χ2v) is 5.88. The Hall–Kier alpha value is -2.15. The summed E-state index contributed by atoms with van der Waals surface area (Å²) >= 11 is 0. The lowest BCUT2D eigenvalue weighted by Crippen LogP contribution is -2.13. The number of aryl methyl sites for hydroxylation is 1. The molecular formula is C13H11F2NO3S. The molecule has 0 aliphatic carbocycles. The molecule has 0 aliphatic rings. The van der Waals surface area contributed by atoms with E-state index in [9.17, 15) is 22.3 Å². The minimum atomic E-state index is -4.10. The molecule has 2 N–H and O–H groups in total. The van der Waals surface area contributed by atoms with Crippen molar-refractivity contribution in [1.29, 1.82) is 0 Å². The monoisotopic (exact) mass is 299 g/mol. The van der Waals surface area contributed by atoms with Gasteiger partial charge in [0.15, 0.2) is 11.6 Å². The van der Waals surface area contributed by atoms with Crippen LogP contribution in [0, 0.1) is 18.6 Å². The number of rotatable bonds is 3. The van der Waals surface area contributed by atoms with Crippen LogP contribution in [0.2, 0.25) is 0 Å². The van der Waals surface area contributed by atoms with Gasteiger partial charge >= 0.3 is 0 Å². The van der Waals surface area contributed by atoms with Gasteiger partial charge in [-0.05, 0) is 42.8 Å². The van der Waals surface area contributed by atoms with E-state index >= 15 is 0 Å². The lowest BCUT2D eigenvalue weighted by Gasteiger charge is -2.10. The SMILES string of the molecule is Cc1ccc(NS(=O)(=O)c2ccc(F)c(F)c2)c(O)c1. The van der Waals surface area contributed by atoms with Crippen molar-refractivity contribution in [1.82, 2.24) is 0 Å². The van der Waals surface area contributed by atoms with Crippen molar-refractivity contribution in [3.05, 3.63) is 53.6 Å². The van der Waals surface area contributed by atoms with E-state index in [1.54, 1.807) is 13.0 Å². The third-order valence-electron chi connectivity index (χ3n) is 2.60. The third kappa shape index (κ3) is 2.88. The average Bonchev–Trinajstić information content (AvgIpc) is 2.36. The van der Waals surface area contributed by atoms with E-state index in [4.69, 9.17) is 0 Å². The Kier molecular flexibility index (Phi) is 3.63. The van der Waals surface area contributed by atoms with Crippen LogP contribution in [0.4, 0.5) is 14.5 Å². The molecular weight excluding hydrogens is 288 g/mol. The standard InChI is InChI=1S/C13H11F2NO3S/c1-8-2-5-12(13(17)6-8)16-20(18,19)9-3-4-10(14)11(15)7-9/h2-7,16-17H,1H3. The molecule has 0 aliphatic heterocycles. The van der Waals surface area contributed by atoms with Crippen LogP contribution in [0.5, 0.6) is 5.75 Å². The van der Waals surface area contributed by atoms with Crippen LogP contribution in [0.15, 0.2) is 41.3 Å². The van der Waals surface area contributed by atoms with Gasteiger partial charge in [-0.2, -0.15) is 0 Å². The summed E-state index contributed by atoms with van der Waals surface area (Å²) in [6, 6.07) is 6.59. The molecule has 0 amide bonds. The molecule has 0 fully saturated rings. The van der Waals surface area contributed by atoms with Gasteiger partial charge in [0.25, 0.3) is 10.0 Å². The van der Waals surface area contributed by atoms with Crippen LogP contribution in [-0.4, -0.2) is 13.5 Å². The summed E-state index contributed by atoms with van der Waals surface area (Å²) in [7, 11) is -4.10. The van der Waals surface area contributed by atoms with Crippen molar-refractivity contribution in [2.75, 3.05) is 4.72 Å². The summed E-state index contributed by atoms with van der Waals surface area (Å²) in [5.41, 5.74) is 0.707. The molecule has 0 spiro atoms. The Bertz CT molecular complexity index is 760. The zero-order valence-electron chi connectivity index (χ0n) is 10.4. The maximum absolute atomic E-state index is 13.1. The van der Waals surface area contributed by atoms with Crippen LogP contribution < -0.4 is 4.72 Å². The second kappa shape index (κ2) is 5.09. The number of hydrogen-bond donors (Lipinski definition) is 2. The largest absolute Gasteiger partial charge is 0.506 e. The van der Waals surface area contributed by atoms with Crippen LogP contribution >= 0.6 is 0 Å². The molecule has 0 saturated heterocycles. The van der Waals surface area contributed by atoms with Crippen LogP contribution in [0.1, 0.15) is 5.56 Å². The predicted octanol–water partition coefficient (Wildman–Crippen LogP) is 2.78. The lowest BCUT2D eigenvalue weighted by molar-refractivity contribution is 0.477. The van der Waals surface area contributed by atoms with E-state index in [1.807, 2.05) is 0 Å². The highest BCUT2D eigenvalue weighted by atomic mass is 32.2. The van der Waals surface area contributed by atoms with Crippen molar-refractivity contribution in [2.45, 2.75) is 11.8 Å². The first-order valence-electron chi connectivity index (χ1n) is 5.57.